The number of hydrogen-bond acceptors (Lipinski definition) is 6. The molecule has 0 amide bonds. The van der Waals surface area contributed by atoms with Crippen molar-refractivity contribution in [2.45, 2.75) is 37.0 Å². The van der Waals surface area contributed by atoms with Crippen LogP contribution >= 0.6 is 11.8 Å². The predicted octanol–water partition coefficient (Wildman–Crippen LogP) is 2.01. The smallest absolute Gasteiger partial charge is 0.280 e. The summed E-state index contributed by atoms with van der Waals surface area (Å²) < 4.78 is 2.49. The first-order chi connectivity index (χ1) is 12.2. The fourth-order valence-electron chi connectivity index (χ4n) is 2.49. The number of rotatable bonds is 3. The molecule has 0 aliphatic carbocycles. The number of aromatic nitrogens is 5. The Morgan fingerprint density at radius 3 is 2.42 bits per heavy atom. The largest absolute Gasteiger partial charge is 0.332 e. The van der Waals surface area contributed by atoms with Gasteiger partial charge in [0.05, 0.1) is 5.69 Å². The molecule has 0 bridgehead atoms. The lowest BCUT2D eigenvalue weighted by Crippen LogP contribution is -2.38. The number of hydrogen-bond donors (Lipinski definition) is 0. The molecular formula is C18H21N5O2S. The van der Waals surface area contributed by atoms with Gasteiger partial charge in [-0.3, -0.25) is 18.9 Å². The Morgan fingerprint density at radius 2 is 1.81 bits per heavy atom. The van der Waals surface area contributed by atoms with E-state index in [-0.39, 0.29) is 11.0 Å². The molecule has 0 radical (unpaired) electrons. The maximum absolute atomic E-state index is 12.7. The normalized spacial score (nSPS) is 11.9. The Balaban J connectivity index is 2.25. The van der Waals surface area contributed by atoms with E-state index in [4.69, 9.17) is 0 Å². The van der Waals surface area contributed by atoms with Crippen molar-refractivity contribution >= 4 is 22.8 Å². The third kappa shape index (κ3) is 3.29. The Bertz CT molecular complexity index is 1080. The van der Waals surface area contributed by atoms with E-state index in [0.29, 0.717) is 27.6 Å². The molecule has 0 N–H and O–H groups in total. The second kappa shape index (κ2) is 6.68. The van der Waals surface area contributed by atoms with Crippen LogP contribution in [0.5, 0.6) is 0 Å². The molecule has 0 fully saturated rings. The van der Waals surface area contributed by atoms with Gasteiger partial charge in [-0.1, -0.05) is 38.6 Å². The maximum Gasteiger partial charge on any atom is 0.332 e. The third-order valence-electron chi connectivity index (χ3n) is 4.02. The van der Waals surface area contributed by atoms with Crippen molar-refractivity contribution in [3.05, 3.63) is 56.8 Å². The Labute approximate surface area is 155 Å². The molecule has 0 aliphatic rings. The van der Waals surface area contributed by atoms with Crippen molar-refractivity contribution in [2.75, 3.05) is 0 Å². The zero-order chi connectivity index (χ0) is 19.1. The number of pyridine rings is 1. The average molecular weight is 371 g/mol. The minimum atomic E-state index is -0.401. The van der Waals surface area contributed by atoms with Crippen molar-refractivity contribution in [1.82, 2.24) is 24.1 Å². The van der Waals surface area contributed by atoms with Crippen LogP contribution < -0.4 is 11.2 Å². The summed E-state index contributed by atoms with van der Waals surface area (Å²) in [7, 11) is 3.09. The fraction of sp³-hybridized carbons (Fsp3) is 0.389. The molecule has 0 atom stereocenters. The summed E-state index contributed by atoms with van der Waals surface area (Å²) >= 11 is 1.43. The van der Waals surface area contributed by atoms with Crippen molar-refractivity contribution < 1.29 is 0 Å². The molecule has 8 heteroatoms. The summed E-state index contributed by atoms with van der Waals surface area (Å²) in [6.45, 7) is 6.00. The summed E-state index contributed by atoms with van der Waals surface area (Å²) in [6.07, 6.45) is 1.73. The highest BCUT2D eigenvalue weighted by atomic mass is 32.2. The van der Waals surface area contributed by atoms with Gasteiger partial charge >= 0.3 is 5.69 Å². The second-order valence-electron chi connectivity index (χ2n) is 7.12. The van der Waals surface area contributed by atoms with E-state index in [1.807, 2.05) is 39.0 Å². The monoisotopic (exact) mass is 371 g/mol. The first-order valence-corrected chi connectivity index (χ1v) is 9.19. The Kier molecular flexibility index (Phi) is 4.70. The summed E-state index contributed by atoms with van der Waals surface area (Å²) in [4.78, 5) is 38.5. The molecule has 3 aromatic heterocycles. The third-order valence-corrected chi connectivity index (χ3v) is 5.03. The molecular weight excluding hydrogens is 350 g/mol. The van der Waals surface area contributed by atoms with Crippen LogP contribution in [-0.4, -0.2) is 24.1 Å². The van der Waals surface area contributed by atoms with Gasteiger partial charge in [-0.2, -0.15) is 0 Å². The molecule has 3 aromatic rings. The van der Waals surface area contributed by atoms with E-state index < -0.39 is 5.69 Å². The van der Waals surface area contributed by atoms with Crippen molar-refractivity contribution in [2.24, 2.45) is 14.1 Å². The summed E-state index contributed by atoms with van der Waals surface area (Å²) in [5, 5.41) is 0.935. The fourth-order valence-corrected chi connectivity index (χ4v) is 3.42. The molecule has 26 heavy (non-hydrogen) atoms. The van der Waals surface area contributed by atoms with Crippen LogP contribution in [0.3, 0.4) is 0 Å². The average Bonchev–Trinajstić information content (AvgIpc) is 2.62. The highest BCUT2D eigenvalue weighted by Gasteiger charge is 2.23. The van der Waals surface area contributed by atoms with Crippen molar-refractivity contribution in [3.63, 3.8) is 0 Å². The van der Waals surface area contributed by atoms with Crippen molar-refractivity contribution in [1.29, 1.82) is 0 Å². The first kappa shape index (κ1) is 18.3. The van der Waals surface area contributed by atoms with Gasteiger partial charge in [0.15, 0.2) is 5.65 Å². The van der Waals surface area contributed by atoms with Crippen LogP contribution in [0.1, 0.15) is 32.3 Å². The molecule has 3 heterocycles. The van der Waals surface area contributed by atoms with Gasteiger partial charge in [-0.15, -0.1) is 0 Å². The van der Waals surface area contributed by atoms with E-state index in [1.54, 1.807) is 13.2 Å². The molecule has 0 unspecified atom stereocenters. The van der Waals surface area contributed by atoms with E-state index in [1.165, 1.54) is 23.4 Å². The lowest BCUT2D eigenvalue weighted by Gasteiger charge is -2.19. The number of thioether (sulfide) groups is 1. The summed E-state index contributed by atoms with van der Waals surface area (Å²) in [5.74, 6) is 1.17. The lowest BCUT2D eigenvalue weighted by atomic mass is 9.96. The molecule has 3 rings (SSSR count). The van der Waals surface area contributed by atoms with Crippen LogP contribution in [0.25, 0.3) is 11.0 Å². The minimum Gasteiger partial charge on any atom is -0.280 e. The zero-order valence-corrected chi connectivity index (χ0v) is 16.3. The van der Waals surface area contributed by atoms with Gasteiger partial charge < -0.3 is 0 Å². The maximum atomic E-state index is 12.7. The highest BCUT2D eigenvalue weighted by molar-refractivity contribution is 7.98. The highest BCUT2D eigenvalue weighted by Crippen LogP contribution is 2.28. The summed E-state index contributed by atoms with van der Waals surface area (Å²) in [6, 6.07) is 5.71. The van der Waals surface area contributed by atoms with Crippen LogP contribution in [0.4, 0.5) is 0 Å². The van der Waals surface area contributed by atoms with Gasteiger partial charge in [-0.05, 0) is 12.1 Å². The van der Waals surface area contributed by atoms with E-state index >= 15 is 0 Å². The predicted molar refractivity (Wildman–Crippen MR) is 103 cm³/mol. The SMILES string of the molecule is Cn1c(=O)c2c(SCc3ccccn3)nc(C(C)(C)C)nc2n(C)c1=O. The molecule has 0 aliphatic heterocycles. The molecule has 0 spiro atoms. The second-order valence-corrected chi connectivity index (χ2v) is 8.08. The Hall–Kier alpha value is -2.48. The van der Waals surface area contributed by atoms with Crippen molar-refractivity contribution in [3.8, 4) is 0 Å². The summed E-state index contributed by atoms with van der Waals surface area (Å²) in [5.41, 5.74) is 0.157. The van der Waals surface area contributed by atoms with Gasteiger partial charge in [0, 0.05) is 31.5 Å². The van der Waals surface area contributed by atoms with E-state index in [2.05, 4.69) is 15.0 Å². The molecule has 0 aromatic carbocycles. The standard InChI is InChI=1S/C18H21N5O2S/c1-18(2,3)16-20-13-12(15(24)23(5)17(25)22(13)4)14(21-16)26-10-11-8-6-7-9-19-11/h6-9H,10H2,1-5H3. The zero-order valence-electron chi connectivity index (χ0n) is 15.5. The molecule has 0 saturated carbocycles. The van der Waals surface area contributed by atoms with E-state index in [0.717, 1.165) is 10.3 Å². The number of fused-ring (bicyclic) bond motifs is 1. The van der Waals surface area contributed by atoms with Gasteiger partial charge in [0.1, 0.15) is 16.2 Å². The Morgan fingerprint density at radius 1 is 1.08 bits per heavy atom. The minimum absolute atomic E-state index is 0.314. The molecule has 0 saturated heterocycles. The number of nitrogens with zero attached hydrogens (tertiary/aromatic N) is 5. The van der Waals surface area contributed by atoms with Gasteiger partial charge in [0.2, 0.25) is 0 Å². The van der Waals surface area contributed by atoms with Crippen LogP contribution in [-0.2, 0) is 25.3 Å². The van der Waals surface area contributed by atoms with Crippen LogP contribution in [0.15, 0.2) is 39.0 Å². The van der Waals surface area contributed by atoms with Crippen LogP contribution in [0.2, 0.25) is 0 Å². The van der Waals surface area contributed by atoms with Crippen LogP contribution in [0, 0.1) is 0 Å². The number of aryl methyl sites for hydroxylation is 1. The quantitative estimate of drug-likeness (QED) is 0.517. The lowest BCUT2D eigenvalue weighted by molar-refractivity contribution is 0.539. The molecule has 7 nitrogen and oxygen atoms in total. The van der Waals surface area contributed by atoms with Gasteiger partial charge in [0.25, 0.3) is 5.56 Å². The van der Waals surface area contributed by atoms with Gasteiger partial charge in [-0.25, -0.2) is 14.8 Å². The topological polar surface area (TPSA) is 82.7 Å². The molecule has 136 valence electrons. The van der Waals surface area contributed by atoms with E-state index in [9.17, 15) is 9.59 Å². The first-order valence-electron chi connectivity index (χ1n) is 8.21.